The Morgan fingerprint density at radius 3 is 2.53 bits per heavy atom. The maximum Gasteiger partial charge on any atom is 0.243 e. The Morgan fingerprint density at radius 1 is 1.29 bits per heavy atom. The molecule has 0 atom stereocenters. The molecule has 0 spiro atoms. The van der Waals surface area contributed by atoms with E-state index in [4.69, 9.17) is 10.5 Å². The number of hydrogen-bond donors (Lipinski definition) is 2. The van der Waals surface area contributed by atoms with Gasteiger partial charge in [0, 0.05) is 13.1 Å². The van der Waals surface area contributed by atoms with Crippen LogP contribution in [0.15, 0.2) is 24.3 Å². The Balaban J connectivity index is 2.11. The van der Waals surface area contributed by atoms with Gasteiger partial charge in [0.05, 0.1) is 6.61 Å². The van der Waals surface area contributed by atoms with E-state index in [1.807, 2.05) is 0 Å². The number of rotatable bonds is 8. The van der Waals surface area contributed by atoms with Crippen LogP contribution in [0.1, 0.15) is 18.1 Å². The molecule has 0 aromatic heterocycles. The van der Waals surface area contributed by atoms with E-state index in [-0.39, 0.29) is 6.61 Å². The first kappa shape index (κ1) is 13.7. The molecule has 4 nitrogen and oxygen atoms in total. The van der Waals surface area contributed by atoms with Crippen LogP contribution in [0.5, 0.6) is 0 Å². The first-order chi connectivity index (χ1) is 8.22. The van der Waals surface area contributed by atoms with Crippen LogP contribution in [0.2, 0.25) is 0 Å². The summed E-state index contributed by atoms with van der Waals surface area (Å²) < 4.78 is 5.03. The van der Waals surface area contributed by atoms with Crippen molar-refractivity contribution < 1.29 is 9.53 Å². The number of hydrogen-bond acceptors (Lipinski definition) is 3. The molecule has 3 N–H and O–H groups in total. The number of primary amides is 1. The molecule has 4 heteroatoms. The molecule has 0 unspecified atom stereocenters. The van der Waals surface area contributed by atoms with Crippen molar-refractivity contribution in [2.24, 2.45) is 5.73 Å². The molecule has 0 aliphatic rings. The molecular weight excluding hydrogens is 216 g/mol. The molecule has 1 amide bonds. The van der Waals surface area contributed by atoms with Crippen LogP contribution in [0, 0.1) is 0 Å². The second-order valence-electron chi connectivity index (χ2n) is 3.87. The molecule has 17 heavy (non-hydrogen) atoms. The van der Waals surface area contributed by atoms with Crippen LogP contribution in [0.25, 0.3) is 0 Å². The highest BCUT2D eigenvalue weighted by molar-refractivity contribution is 5.74. The third-order valence-corrected chi connectivity index (χ3v) is 2.43. The fraction of sp³-hybridized carbons (Fsp3) is 0.462. The molecule has 0 fully saturated rings. The summed E-state index contributed by atoms with van der Waals surface area (Å²) in [4.78, 5) is 10.4. The van der Waals surface area contributed by atoms with Gasteiger partial charge < -0.3 is 15.8 Å². The summed E-state index contributed by atoms with van der Waals surface area (Å²) in [7, 11) is 0. The predicted molar refractivity (Wildman–Crippen MR) is 67.5 cm³/mol. The highest BCUT2D eigenvalue weighted by atomic mass is 16.5. The summed E-state index contributed by atoms with van der Waals surface area (Å²) >= 11 is 0. The lowest BCUT2D eigenvalue weighted by atomic mass is 10.1. The van der Waals surface area contributed by atoms with Gasteiger partial charge in [-0.3, -0.25) is 4.79 Å². The molecule has 0 aliphatic heterocycles. The van der Waals surface area contributed by atoms with E-state index < -0.39 is 5.91 Å². The lowest BCUT2D eigenvalue weighted by Crippen LogP contribution is -2.23. The summed E-state index contributed by atoms with van der Waals surface area (Å²) in [5.74, 6) is -0.430. The third kappa shape index (κ3) is 6.04. The Morgan fingerprint density at radius 2 is 1.94 bits per heavy atom. The summed E-state index contributed by atoms with van der Waals surface area (Å²) in [6.45, 7) is 4.15. The van der Waals surface area contributed by atoms with Gasteiger partial charge in [-0.2, -0.15) is 0 Å². The Kier molecular flexibility index (Phi) is 6.29. The number of nitrogens with one attached hydrogen (secondary N) is 1. The fourth-order valence-corrected chi connectivity index (χ4v) is 1.44. The first-order valence-corrected chi connectivity index (χ1v) is 5.87. The van der Waals surface area contributed by atoms with E-state index in [0.29, 0.717) is 13.2 Å². The van der Waals surface area contributed by atoms with Gasteiger partial charge in [-0.05, 0) is 17.5 Å². The van der Waals surface area contributed by atoms with E-state index in [0.717, 1.165) is 13.0 Å². The maximum absolute atomic E-state index is 10.4. The minimum Gasteiger partial charge on any atom is -0.370 e. The molecular formula is C13H20N2O2. The molecule has 0 radical (unpaired) electrons. The number of aryl methyl sites for hydroxylation is 1. The zero-order valence-corrected chi connectivity index (χ0v) is 10.2. The van der Waals surface area contributed by atoms with Gasteiger partial charge in [-0.25, -0.2) is 0 Å². The van der Waals surface area contributed by atoms with Crippen LogP contribution in [-0.4, -0.2) is 25.7 Å². The van der Waals surface area contributed by atoms with E-state index in [2.05, 4.69) is 36.5 Å². The SMILES string of the molecule is CCc1ccc(CNCCOCC(N)=O)cc1. The first-order valence-electron chi connectivity index (χ1n) is 5.87. The number of benzene rings is 1. The summed E-state index contributed by atoms with van der Waals surface area (Å²) in [5.41, 5.74) is 7.53. The zero-order valence-electron chi connectivity index (χ0n) is 10.2. The molecule has 0 heterocycles. The van der Waals surface area contributed by atoms with Gasteiger partial charge in [-0.15, -0.1) is 0 Å². The molecule has 0 aliphatic carbocycles. The highest BCUT2D eigenvalue weighted by Crippen LogP contribution is 2.04. The van der Waals surface area contributed by atoms with Crippen LogP contribution in [0.4, 0.5) is 0 Å². The lowest BCUT2D eigenvalue weighted by Gasteiger charge is -2.06. The van der Waals surface area contributed by atoms with Gasteiger partial charge in [0.15, 0.2) is 0 Å². The normalized spacial score (nSPS) is 10.4. The number of carbonyl (C=O) groups excluding carboxylic acids is 1. The lowest BCUT2D eigenvalue weighted by molar-refractivity contribution is -0.122. The number of carbonyl (C=O) groups is 1. The van der Waals surface area contributed by atoms with E-state index in [9.17, 15) is 4.79 Å². The topological polar surface area (TPSA) is 64.3 Å². The molecule has 0 bridgehead atoms. The Bertz CT molecular complexity index is 336. The van der Waals surface area contributed by atoms with Crippen LogP contribution in [0.3, 0.4) is 0 Å². The Hall–Kier alpha value is -1.39. The van der Waals surface area contributed by atoms with E-state index in [1.54, 1.807) is 0 Å². The van der Waals surface area contributed by atoms with Crippen molar-refractivity contribution in [2.75, 3.05) is 19.8 Å². The summed E-state index contributed by atoms with van der Waals surface area (Å²) in [5, 5.41) is 3.24. The van der Waals surface area contributed by atoms with Gasteiger partial charge >= 0.3 is 0 Å². The molecule has 0 saturated carbocycles. The fourth-order valence-electron chi connectivity index (χ4n) is 1.44. The second kappa shape index (κ2) is 7.81. The average Bonchev–Trinajstić information content (AvgIpc) is 2.34. The molecule has 94 valence electrons. The molecule has 1 aromatic carbocycles. The minimum absolute atomic E-state index is 0.00707. The van der Waals surface area contributed by atoms with Crippen LogP contribution < -0.4 is 11.1 Å². The predicted octanol–water partition coefficient (Wildman–Crippen LogP) is 0.840. The molecule has 1 rings (SSSR count). The van der Waals surface area contributed by atoms with Gasteiger partial charge in [0.1, 0.15) is 6.61 Å². The van der Waals surface area contributed by atoms with Crippen molar-refractivity contribution in [3.63, 3.8) is 0 Å². The van der Waals surface area contributed by atoms with Crippen LogP contribution >= 0.6 is 0 Å². The smallest absolute Gasteiger partial charge is 0.243 e. The van der Waals surface area contributed by atoms with Gasteiger partial charge in [-0.1, -0.05) is 31.2 Å². The van der Waals surface area contributed by atoms with Crippen molar-refractivity contribution in [2.45, 2.75) is 19.9 Å². The number of ether oxygens (including phenoxy) is 1. The molecule has 1 aromatic rings. The zero-order chi connectivity index (χ0) is 12.5. The van der Waals surface area contributed by atoms with Crippen molar-refractivity contribution >= 4 is 5.91 Å². The summed E-state index contributed by atoms with van der Waals surface area (Å²) in [6, 6.07) is 8.52. The highest BCUT2D eigenvalue weighted by Gasteiger charge is 1.95. The quantitative estimate of drug-likeness (QED) is 0.657. The third-order valence-electron chi connectivity index (χ3n) is 2.43. The van der Waals surface area contributed by atoms with Crippen molar-refractivity contribution in [3.8, 4) is 0 Å². The minimum atomic E-state index is -0.430. The molecule has 0 saturated heterocycles. The van der Waals surface area contributed by atoms with Crippen molar-refractivity contribution in [3.05, 3.63) is 35.4 Å². The van der Waals surface area contributed by atoms with Crippen LogP contribution in [-0.2, 0) is 22.5 Å². The van der Waals surface area contributed by atoms with Gasteiger partial charge in [0.25, 0.3) is 0 Å². The van der Waals surface area contributed by atoms with E-state index in [1.165, 1.54) is 11.1 Å². The van der Waals surface area contributed by atoms with Crippen molar-refractivity contribution in [1.29, 1.82) is 0 Å². The largest absolute Gasteiger partial charge is 0.370 e. The average molecular weight is 236 g/mol. The number of amides is 1. The van der Waals surface area contributed by atoms with Gasteiger partial charge in [0.2, 0.25) is 5.91 Å². The van der Waals surface area contributed by atoms with Crippen molar-refractivity contribution in [1.82, 2.24) is 5.32 Å². The number of nitrogens with two attached hydrogens (primary N) is 1. The Labute approximate surface area is 102 Å². The maximum atomic E-state index is 10.4. The van der Waals surface area contributed by atoms with E-state index >= 15 is 0 Å². The summed E-state index contributed by atoms with van der Waals surface area (Å²) in [6.07, 6.45) is 1.06. The second-order valence-corrected chi connectivity index (χ2v) is 3.87. The standard InChI is InChI=1S/C13H20N2O2/c1-2-11-3-5-12(6-4-11)9-15-7-8-17-10-13(14)16/h3-6,15H,2,7-10H2,1H3,(H2,14,16). The monoisotopic (exact) mass is 236 g/mol.